The molecule has 0 aromatic heterocycles. The standard InChI is InChI=1S/C16H24ClNOS/c1-2-20-15-5-3-4-10-18(11-15)12-16(19)13-6-8-14(17)9-7-13/h6-9,15-16,19H,2-5,10-12H2,1H3/t15-,16+/m0/s1. The summed E-state index contributed by atoms with van der Waals surface area (Å²) in [5, 5.41) is 11.8. The highest BCUT2D eigenvalue weighted by atomic mass is 35.5. The molecule has 0 amide bonds. The Bertz CT molecular complexity index is 398. The lowest BCUT2D eigenvalue weighted by Gasteiger charge is -2.26. The van der Waals surface area contributed by atoms with Gasteiger partial charge < -0.3 is 5.11 Å². The molecule has 1 aliphatic heterocycles. The summed E-state index contributed by atoms with van der Waals surface area (Å²) in [6.07, 6.45) is 3.45. The van der Waals surface area contributed by atoms with Crippen molar-refractivity contribution in [3.63, 3.8) is 0 Å². The monoisotopic (exact) mass is 313 g/mol. The lowest BCUT2D eigenvalue weighted by Crippen LogP contribution is -2.33. The number of halogens is 1. The maximum absolute atomic E-state index is 10.4. The highest BCUT2D eigenvalue weighted by Crippen LogP contribution is 2.24. The van der Waals surface area contributed by atoms with E-state index in [0.717, 1.165) is 35.5 Å². The number of hydrogen-bond acceptors (Lipinski definition) is 3. The number of aliphatic hydroxyl groups excluding tert-OH is 1. The second kappa shape index (κ2) is 8.28. The lowest BCUT2D eigenvalue weighted by molar-refractivity contribution is 0.116. The van der Waals surface area contributed by atoms with Crippen molar-refractivity contribution in [2.24, 2.45) is 0 Å². The van der Waals surface area contributed by atoms with Crippen molar-refractivity contribution in [3.8, 4) is 0 Å². The topological polar surface area (TPSA) is 23.5 Å². The summed E-state index contributed by atoms with van der Waals surface area (Å²) in [7, 11) is 0. The van der Waals surface area contributed by atoms with Crippen LogP contribution in [-0.4, -0.2) is 40.6 Å². The molecule has 112 valence electrons. The highest BCUT2D eigenvalue weighted by molar-refractivity contribution is 7.99. The molecule has 1 aromatic rings. The molecule has 4 heteroatoms. The van der Waals surface area contributed by atoms with Crippen LogP contribution in [0.1, 0.15) is 37.9 Å². The first-order chi connectivity index (χ1) is 9.69. The third-order valence-corrected chi connectivity index (χ3v) is 5.24. The molecule has 1 aliphatic rings. The predicted octanol–water partition coefficient (Wildman–Crippen LogP) is 3.98. The van der Waals surface area contributed by atoms with Crippen molar-refractivity contribution < 1.29 is 5.11 Å². The fraction of sp³-hybridized carbons (Fsp3) is 0.625. The van der Waals surface area contributed by atoms with Gasteiger partial charge in [0.25, 0.3) is 0 Å². The normalized spacial score (nSPS) is 22.4. The second-order valence-corrected chi connectivity index (χ2v) is 7.41. The van der Waals surface area contributed by atoms with Gasteiger partial charge in [-0.3, -0.25) is 4.90 Å². The minimum absolute atomic E-state index is 0.419. The maximum atomic E-state index is 10.4. The summed E-state index contributed by atoms with van der Waals surface area (Å²) in [5.41, 5.74) is 0.957. The first kappa shape index (κ1) is 16.2. The van der Waals surface area contributed by atoms with Crippen molar-refractivity contribution in [2.75, 3.05) is 25.4 Å². The van der Waals surface area contributed by atoms with Crippen LogP contribution in [-0.2, 0) is 0 Å². The molecule has 0 aliphatic carbocycles. The molecular weight excluding hydrogens is 290 g/mol. The smallest absolute Gasteiger partial charge is 0.0916 e. The summed E-state index contributed by atoms with van der Waals surface area (Å²) in [4.78, 5) is 2.42. The molecule has 20 heavy (non-hydrogen) atoms. The van der Waals surface area contributed by atoms with Gasteiger partial charge in [0.2, 0.25) is 0 Å². The van der Waals surface area contributed by atoms with E-state index < -0.39 is 6.10 Å². The third-order valence-electron chi connectivity index (χ3n) is 3.80. The fourth-order valence-electron chi connectivity index (χ4n) is 2.75. The predicted molar refractivity (Wildman–Crippen MR) is 88.6 cm³/mol. The average Bonchev–Trinajstić information content (AvgIpc) is 2.65. The van der Waals surface area contributed by atoms with E-state index in [0.29, 0.717) is 0 Å². The summed E-state index contributed by atoms with van der Waals surface area (Å²) < 4.78 is 0. The van der Waals surface area contributed by atoms with E-state index in [-0.39, 0.29) is 0 Å². The van der Waals surface area contributed by atoms with Crippen molar-refractivity contribution in [3.05, 3.63) is 34.9 Å². The van der Waals surface area contributed by atoms with Crippen LogP contribution in [0.25, 0.3) is 0 Å². The fourth-order valence-corrected chi connectivity index (χ4v) is 4.00. The molecule has 0 unspecified atom stereocenters. The molecule has 1 aromatic carbocycles. The Balaban J connectivity index is 1.91. The minimum Gasteiger partial charge on any atom is -0.387 e. The molecule has 1 fully saturated rings. The first-order valence-electron chi connectivity index (χ1n) is 7.46. The Kier molecular flexibility index (Phi) is 6.69. The number of hydrogen-bond donors (Lipinski definition) is 1. The SMILES string of the molecule is CCS[C@H]1CCCCN(C[C@@H](O)c2ccc(Cl)cc2)C1. The van der Waals surface area contributed by atoms with Crippen molar-refractivity contribution in [2.45, 2.75) is 37.5 Å². The lowest BCUT2D eigenvalue weighted by atomic mass is 10.1. The molecule has 2 atom stereocenters. The van der Waals surface area contributed by atoms with Crippen LogP contribution >= 0.6 is 23.4 Å². The maximum Gasteiger partial charge on any atom is 0.0916 e. The van der Waals surface area contributed by atoms with E-state index in [1.54, 1.807) is 0 Å². The molecule has 0 spiro atoms. The van der Waals surface area contributed by atoms with Gasteiger partial charge in [0.05, 0.1) is 6.10 Å². The van der Waals surface area contributed by atoms with Gasteiger partial charge in [0.15, 0.2) is 0 Å². The van der Waals surface area contributed by atoms with Crippen LogP contribution in [0.2, 0.25) is 5.02 Å². The van der Waals surface area contributed by atoms with Gasteiger partial charge in [-0.1, -0.05) is 37.1 Å². The van der Waals surface area contributed by atoms with Gasteiger partial charge in [-0.2, -0.15) is 11.8 Å². The van der Waals surface area contributed by atoms with Crippen LogP contribution in [0.4, 0.5) is 0 Å². The number of aliphatic hydroxyl groups is 1. The van der Waals surface area contributed by atoms with Gasteiger partial charge in [-0.25, -0.2) is 0 Å². The van der Waals surface area contributed by atoms with Gasteiger partial charge in [0, 0.05) is 23.4 Å². The second-order valence-electron chi connectivity index (χ2n) is 5.40. The number of benzene rings is 1. The average molecular weight is 314 g/mol. The highest BCUT2D eigenvalue weighted by Gasteiger charge is 2.20. The summed E-state index contributed by atoms with van der Waals surface area (Å²) in [6, 6.07) is 7.53. The molecule has 2 nitrogen and oxygen atoms in total. The van der Waals surface area contributed by atoms with Gasteiger partial charge in [-0.15, -0.1) is 0 Å². The van der Waals surface area contributed by atoms with E-state index in [2.05, 4.69) is 23.6 Å². The van der Waals surface area contributed by atoms with E-state index in [1.807, 2.05) is 24.3 Å². The van der Waals surface area contributed by atoms with E-state index in [9.17, 15) is 5.11 Å². The molecule has 1 heterocycles. The van der Waals surface area contributed by atoms with E-state index in [1.165, 1.54) is 25.0 Å². The number of β-amino-alcohol motifs (C(OH)–C–C–N with tert-alkyl or cyclic N) is 1. The van der Waals surface area contributed by atoms with Crippen molar-refractivity contribution in [1.29, 1.82) is 0 Å². The zero-order valence-electron chi connectivity index (χ0n) is 12.1. The number of nitrogens with zero attached hydrogens (tertiary/aromatic N) is 1. The van der Waals surface area contributed by atoms with Crippen LogP contribution in [0.3, 0.4) is 0 Å². The Morgan fingerprint density at radius 2 is 2.10 bits per heavy atom. The quantitative estimate of drug-likeness (QED) is 0.889. The third kappa shape index (κ3) is 4.96. The van der Waals surface area contributed by atoms with Crippen LogP contribution in [0.15, 0.2) is 24.3 Å². The molecular formula is C16H24ClNOS. The van der Waals surface area contributed by atoms with E-state index in [4.69, 9.17) is 11.6 Å². The minimum atomic E-state index is -0.419. The molecule has 1 saturated heterocycles. The summed E-state index contributed by atoms with van der Waals surface area (Å²) >= 11 is 7.94. The van der Waals surface area contributed by atoms with Crippen LogP contribution in [0, 0.1) is 0 Å². The van der Waals surface area contributed by atoms with E-state index >= 15 is 0 Å². The number of thioether (sulfide) groups is 1. The van der Waals surface area contributed by atoms with Crippen LogP contribution in [0.5, 0.6) is 0 Å². The zero-order valence-corrected chi connectivity index (χ0v) is 13.7. The Labute approximate surface area is 131 Å². The number of rotatable bonds is 5. The molecule has 0 saturated carbocycles. The molecule has 0 radical (unpaired) electrons. The molecule has 1 N–H and O–H groups in total. The van der Waals surface area contributed by atoms with Crippen molar-refractivity contribution in [1.82, 2.24) is 4.90 Å². The summed E-state index contributed by atoms with van der Waals surface area (Å²) in [6.45, 7) is 5.15. The molecule has 2 rings (SSSR count). The van der Waals surface area contributed by atoms with Gasteiger partial charge >= 0.3 is 0 Å². The Morgan fingerprint density at radius 3 is 2.80 bits per heavy atom. The zero-order chi connectivity index (χ0) is 14.4. The van der Waals surface area contributed by atoms with Crippen molar-refractivity contribution >= 4 is 23.4 Å². The van der Waals surface area contributed by atoms with Crippen LogP contribution < -0.4 is 0 Å². The largest absolute Gasteiger partial charge is 0.387 e. The summed E-state index contributed by atoms with van der Waals surface area (Å²) in [5.74, 6) is 1.18. The van der Waals surface area contributed by atoms with Gasteiger partial charge in [-0.05, 0) is 42.8 Å². The number of likely N-dealkylation sites (tertiary alicyclic amines) is 1. The Morgan fingerprint density at radius 1 is 1.35 bits per heavy atom. The first-order valence-corrected chi connectivity index (χ1v) is 8.89. The molecule has 0 bridgehead atoms. The van der Waals surface area contributed by atoms with Gasteiger partial charge in [0.1, 0.15) is 0 Å². The Hall–Kier alpha value is -0.220.